The normalized spacial score (nSPS) is 16.9. The molecule has 1 aliphatic heterocycles. The molecule has 0 atom stereocenters. The number of halogens is 1. The average Bonchev–Trinajstić information content (AvgIpc) is 2.19. The number of amides is 1. The summed E-state index contributed by atoms with van der Waals surface area (Å²) in [4.78, 5) is 17.3. The van der Waals surface area contributed by atoms with E-state index in [9.17, 15) is 4.79 Å². The molecule has 2 heterocycles. The number of carbonyl (C=O) groups is 1. The van der Waals surface area contributed by atoms with Crippen LogP contribution in [-0.4, -0.2) is 46.6 Å². The van der Waals surface area contributed by atoms with Gasteiger partial charge in [0.05, 0.1) is 18.3 Å². The van der Waals surface area contributed by atoms with Gasteiger partial charge in [0.2, 0.25) is 5.91 Å². The molecule has 1 aromatic rings. The number of nitrogens with one attached hydrogen (secondary N) is 1. The number of hydrogen-bond acceptors (Lipinski definition) is 4. The number of aromatic nitrogens is 1. The Balaban J connectivity index is 1.85. The Morgan fingerprint density at radius 2 is 2.44 bits per heavy atom. The smallest absolute Gasteiger partial charge is 0.238 e. The van der Waals surface area contributed by atoms with Crippen molar-refractivity contribution in [3.63, 3.8) is 0 Å². The number of nitrogens with zero attached hydrogens (tertiary/aromatic N) is 2. The molecule has 0 radical (unpaired) electrons. The molecule has 1 amide bonds. The van der Waals surface area contributed by atoms with Gasteiger partial charge in [-0.2, -0.15) is 0 Å². The molecule has 1 aliphatic rings. The van der Waals surface area contributed by atoms with Crippen molar-refractivity contribution >= 4 is 23.2 Å². The third-order valence-corrected chi connectivity index (χ3v) is 2.64. The van der Waals surface area contributed by atoms with Crippen LogP contribution in [-0.2, 0) is 4.79 Å². The van der Waals surface area contributed by atoms with Gasteiger partial charge in [0.1, 0.15) is 0 Å². The number of aliphatic hydroxyl groups is 1. The minimum atomic E-state index is -0.297. The fourth-order valence-corrected chi connectivity index (χ4v) is 1.71. The maximum absolute atomic E-state index is 11.6. The molecule has 0 saturated carbocycles. The van der Waals surface area contributed by atoms with E-state index in [1.165, 1.54) is 0 Å². The van der Waals surface area contributed by atoms with Crippen LogP contribution >= 0.6 is 11.6 Å². The molecule has 0 aliphatic carbocycles. The van der Waals surface area contributed by atoms with Crippen molar-refractivity contribution in [1.29, 1.82) is 0 Å². The molecule has 0 aromatic carbocycles. The third-order valence-electron chi connectivity index (χ3n) is 2.34. The van der Waals surface area contributed by atoms with Gasteiger partial charge in [-0.25, -0.2) is 4.98 Å². The van der Waals surface area contributed by atoms with Crippen LogP contribution in [0.5, 0.6) is 0 Å². The summed E-state index contributed by atoms with van der Waals surface area (Å²) in [6, 6.07) is 3.40. The van der Waals surface area contributed by atoms with E-state index in [0.717, 1.165) is 0 Å². The Hall–Kier alpha value is -1.17. The van der Waals surface area contributed by atoms with Gasteiger partial charge in [0.25, 0.3) is 0 Å². The summed E-state index contributed by atoms with van der Waals surface area (Å²) in [5, 5.41) is 12.0. The summed E-state index contributed by atoms with van der Waals surface area (Å²) in [6.07, 6.45) is 1.26. The lowest BCUT2D eigenvalue weighted by Crippen LogP contribution is -2.53. The number of rotatable bonds is 3. The molecule has 16 heavy (non-hydrogen) atoms. The highest BCUT2D eigenvalue weighted by atomic mass is 35.5. The van der Waals surface area contributed by atoms with E-state index in [1.807, 2.05) is 4.90 Å². The molecule has 1 aromatic heterocycles. The maximum atomic E-state index is 11.6. The van der Waals surface area contributed by atoms with Crippen molar-refractivity contribution in [2.24, 2.45) is 0 Å². The van der Waals surface area contributed by atoms with E-state index in [-0.39, 0.29) is 23.7 Å². The fourth-order valence-electron chi connectivity index (χ4n) is 1.54. The second-order valence-corrected chi connectivity index (χ2v) is 4.10. The van der Waals surface area contributed by atoms with Gasteiger partial charge in [0, 0.05) is 19.3 Å². The first-order valence-corrected chi connectivity index (χ1v) is 5.34. The van der Waals surface area contributed by atoms with E-state index in [2.05, 4.69) is 10.3 Å². The minimum absolute atomic E-state index is 0.151. The van der Waals surface area contributed by atoms with Gasteiger partial charge in [-0.15, -0.1) is 0 Å². The number of carbonyl (C=O) groups excluding carboxylic acids is 1. The highest BCUT2D eigenvalue weighted by Crippen LogP contribution is 2.17. The highest BCUT2D eigenvalue weighted by molar-refractivity contribution is 6.32. The monoisotopic (exact) mass is 241 g/mol. The van der Waals surface area contributed by atoms with Gasteiger partial charge >= 0.3 is 0 Å². The Morgan fingerprint density at radius 3 is 3.06 bits per heavy atom. The van der Waals surface area contributed by atoms with Crippen LogP contribution in [0.1, 0.15) is 0 Å². The van der Waals surface area contributed by atoms with Gasteiger partial charge < -0.3 is 10.4 Å². The SMILES string of the molecule is O=C(CN1CC(O)C1)Nc1cccnc1Cl. The zero-order valence-electron chi connectivity index (χ0n) is 8.56. The molecular weight excluding hydrogens is 230 g/mol. The van der Waals surface area contributed by atoms with Crippen LogP contribution in [0.3, 0.4) is 0 Å². The van der Waals surface area contributed by atoms with Crippen molar-refractivity contribution in [2.75, 3.05) is 25.0 Å². The molecular formula is C10H12ClN3O2. The first-order chi connectivity index (χ1) is 7.65. The number of hydrogen-bond donors (Lipinski definition) is 2. The molecule has 1 fully saturated rings. The Labute approximate surface area is 98.0 Å². The first kappa shape index (κ1) is 11.3. The van der Waals surface area contributed by atoms with Gasteiger partial charge in [-0.05, 0) is 12.1 Å². The zero-order valence-corrected chi connectivity index (χ0v) is 9.31. The molecule has 1 saturated heterocycles. The zero-order chi connectivity index (χ0) is 11.5. The van der Waals surface area contributed by atoms with Crippen molar-refractivity contribution < 1.29 is 9.90 Å². The molecule has 2 rings (SSSR count). The number of β-amino-alcohol motifs (C(OH)–C–C–N with tert-alkyl or cyclic N) is 1. The first-order valence-electron chi connectivity index (χ1n) is 4.96. The third kappa shape index (κ3) is 2.69. The van der Waals surface area contributed by atoms with E-state index in [1.54, 1.807) is 18.3 Å². The lowest BCUT2D eigenvalue weighted by Gasteiger charge is -2.34. The fraction of sp³-hybridized carbons (Fsp3) is 0.400. The molecule has 5 nitrogen and oxygen atoms in total. The van der Waals surface area contributed by atoms with Crippen LogP contribution in [0.25, 0.3) is 0 Å². The second kappa shape index (κ2) is 4.78. The van der Waals surface area contributed by atoms with Crippen LogP contribution in [0, 0.1) is 0 Å². The van der Waals surface area contributed by atoms with Crippen molar-refractivity contribution in [2.45, 2.75) is 6.10 Å². The predicted molar refractivity (Wildman–Crippen MR) is 60.3 cm³/mol. The predicted octanol–water partition coefficient (Wildman–Crippen LogP) is 0.350. The summed E-state index contributed by atoms with van der Waals surface area (Å²) in [6.45, 7) is 1.37. The van der Waals surface area contributed by atoms with Crippen molar-refractivity contribution in [1.82, 2.24) is 9.88 Å². The van der Waals surface area contributed by atoms with Crippen molar-refractivity contribution in [3.05, 3.63) is 23.5 Å². The summed E-state index contributed by atoms with van der Waals surface area (Å²) in [5.74, 6) is -0.151. The second-order valence-electron chi connectivity index (χ2n) is 3.74. The maximum Gasteiger partial charge on any atom is 0.238 e. The largest absolute Gasteiger partial charge is 0.390 e. The Bertz CT molecular complexity index is 393. The van der Waals surface area contributed by atoms with Crippen LogP contribution in [0.4, 0.5) is 5.69 Å². The lowest BCUT2D eigenvalue weighted by molar-refractivity contribution is -0.119. The molecule has 86 valence electrons. The quantitative estimate of drug-likeness (QED) is 0.750. The van der Waals surface area contributed by atoms with Crippen molar-refractivity contribution in [3.8, 4) is 0 Å². The molecule has 0 spiro atoms. The molecule has 0 bridgehead atoms. The van der Waals surface area contributed by atoms with E-state index in [0.29, 0.717) is 18.8 Å². The van der Waals surface area contributed by atoms with Crippen LogP contribution in [0.15, 0.2) is 18.3 Å². The van der Waals surface area contributed by atoms with Crippen LogP contribution < -0.4 is 5.32 Å². The number of anilines is 1. The summed E-state index contributed by atoms with van der Waals surface area (Å²) in [5.41, 5.74) is 0.509. The molecule has 6 heteroatoms. The molecule has 2 N–H and O–H groups in total. The summed E-state index contributed by atoms with van der Waals surface area (Å²) < 4.78 is 0. The number of likely N-dealkylation sites (tertiary alicyclic amines) is 1. The minimum Gasteiger partial charge on any atom is -0.390 e. The highest BCUT2D eigenvalue weighted by Gasteiger charge is 2.25. The van der Waals surface area contributed by atoms with Gasteiger partial charge in [0.15, 0.2) is 5.15 Å². The summed E-state index contributed by atoms with van der Waals surface area (Å²) in [7, 11) is 0. The standard InChI is InChI=1S/C10H12ClN3O2/c11-10-8(2-1-3-12-10)13-9(16)6-14-4-7(15)5-14/h1-3,7,15H,4-6H2,(H,13,16). The van der Waals surface area contributed by atoms with Gasteiger partial charge in [-0.3, -0.25) is 9.69 Å². The van der Waals surface area contributed by atoms with Gasteiger partial charge in [-0.1, -0.05) is 11.6 Å². The molecule has 0 unspecified atom stereocenters. The van der Waals surface area contributed by atoms with E-state index in [4.69, 9.17) is 16.7 Å². The van der Waals surface area contributed by atoms with E-state index < -0.39 is 0 Å². The number of pyridine rings is 1. The summed E-state index contributed by atoms with van der Waals surface area (Å²) >= 11 is 5.80. The lowest BCUT2D eigenvalue weighted by atomic mass is 10.2. The van der Waals surface area contributed by atoms with E-state index >= 15 is 0 Å². The average molecular weight is 242 g/mol. The Kier molecular flexibility index (Phi) is 3.38. The van der Waals surface area contributed by atoms with Crippen LogP contribution in [0.2, 0.25) is 5.15 Å². The number of aliphatic hydroxyl groups excluding tert-OH is 1. The Morgan fingerprint density at radius 1 is 1.69 bits per heavy atom. The topological polar surface area (TPSA) is 65.5 Å².